The summed E-state index contributed by atoms with van der Waals surface area (Å²) in [6, 6.07) is 0.282. The molecule has 11 heavy (non-hydrogen) atoms. The summed E-state index contributed by atoms with van der Waals surface area (Å²) in [7, 11) is 1.77. The zero-order valence-corrected chi connectivity index (χ0v) is 7.60. The minimum Gasteiger partial charge on any atom is -0.384 e. The molecule has 0 radical (unpaired) electrons. The molecule has 0 heterocycles. The van der Waals surface area contributed by atoms with Gasteiger partial charge in [0.15, 0.2) is 0 Å². The highest BCUT2D eigenvalue weighted by atomic mass is 16.5. The molecule has 1 rings (SSSR count). The first-order chi connectivity index (χ1) is 5.21. The highest BCUT2D eigenvalue weighted by molar-refractivity contribution is 4.90. The van der Waals surface area contributed by atoms with Crippen LogP contribution in [0.4, 0.5) is 0 Å². The van der Waals surface area contributed by atoms with E-state index < -0.39 is 0 Å². The molecular formula is C9H19NO. The maximum absolute atomic E-state index is 5.94. The minimum atomic E-state index is 0.282. The molecule has 0 bridgehead atoms. The van der Waals surface area contributed by atoms with Crippen LogP contribution in [0, 0.1) is 5.41 Å². The number of hydrogen-bond donors (Lipinski definition) is 1. The molecule has 0 aromatic rings. The maximum atomic E-state index is 5.94. The summed E-state index contributed by atoms with van der Waals surface area (Å²) >= 11 is 0. The maximum Gasteiger partial charge on any atom is 0.0533 e. The smallest absolute Gasteiger partial charge is 0.0533 e. The average molecular weight is 157 g/mol. The van der Waals surface area contributed by atoms with E-state index in [1.165, 1.54) is 25.7 Å². The molecule has 0 spiro atoms. The first-order valence-electron chi connectivity index (χ1n) is 4.46. The molecule has 0 aliphatic heterocycles. The van der Waals surface area contributed by atoms with Crippen LogP contribution in [-0.2, 0) is 4.74 Å². The fourth-order valence-corrected chi connectivity index (χ4v) is 2.10. The number of hydrogen-bond acceptors (Lipinski definition) is 2. The van der Waals surface area contributed by atoms with Crippen LogP contribution in [0.25, 0.3) is 0 Å². The Labute approximate surface area is 69.1 Å². The predicted octanol–water partition coefficient (Wildman–Crippen LogP) is 1.54. The van der Waals surface area contributed by atoms with Gasteiger partial charge in [0, 0.05) is 18.6 Å². The fraction of sp³-hybridized carbons (Fsp3) is 1.00. The van der Waals surface area contributed by atoms with Crippen LogP contribution in [0.1, 0.15) is 32.6 Å². The molecule has 0 saturated heterocycles. The molecule has 2 nitrogen and oxygen atoms in total. The summed E-state index contributed by atoms with van der Waals surface area (Å²) in [5, 5.41) is 0. The SMILES string of the molecule is COCC1([C@@H](C)N)CCCC1. The van der Waals surface area contributed by atoms with Crippen molar-refractivity contribution in [3.05, 3.63) is 0 Å². The van der Waals surface area contributed by atoms with E-state index in [0.29, 0.717) is 5.41 Å². The van der Waals surface area contributed by atoms with Gasteiger partial charge in [-0.25, -0.2) is 0 Å². The van der Waals surface area contributed by atoms with Gasteiger partial charge in [0.25, 0.3) is 0 Å². The van der Waals surface area contributed by atoms with E-state index in [0.717, 1.165) is 6.61 Å². The van der Waals surface area contributed by atoms with Crippen LogP contribution in [0.3, 0.4) is 0 Å². The Kier molecular flexibility index (Phi) is 2.90. The van der Waals surface area contributed by atoms with E-state index in [4.69, 9.17) is 10.5 Å². The summed E-state index contributed by atoms with van der Waals surface area (Å²) in [6.45, 7) is 2.94. The zero-order chi connectivity index (χ0) is 8.32. The lowest BCUT2D eigenvalue weighted by atomic mass is 9.81. The van der Waals surface area contributed by atoms with E-state index in [-0.39, 0.29) is 6.04 Å². The molecule has 0 aromatic heterocycles. The third-order valence-corrected chi connectivity index (χ3v) is 3.00. The summed E-state index contributed by atoms with van der Waals surface area (Å²) in [5.74, 6) is 0. The van der Waals surface area contributed by atoms with Gasteiger partial charge in [0.1, 0.15) is 0 Å². The van der Waals surface area contributed by atoms with Crippen molar-refractivity contribution in [2.75, 3.05) is 13.7 Å². The molecule has 66 valence electrons. The Bertz CT molecular complexity index is 117. The van der Waals surface area contributed by atoms with Crippen LogP contribution in [0.15, 0.2) is 0 Å². The van der Waals surface area contributed by atoms with Crippen molar-refractivity contribution in [2.24, 2.45) is 11.1 Å². The van der Waals surface area contributed by atoms with Crippen LogP contribution >= 0.6 is 0 Å². The number of ether oxygens (including phenoxy) is 1. The molecule has 1 atom stereocenters. The van der Waals surface area contributed by atoms with Crippen molar-refractivity contribution < 1.29 is 4.74 Å². The van der Waals surface area contributed by atoms with Gasteiger partial charge in [-0.2, -0.15) is 0 Å². The van der Waals surface area contributed by atoms with E-state index in [2.05, 4.69) is 6.92 Å². The summed E-state index contributed by atoms with van der Waals surface area (Å²) in [6.07, 6.45) is 5.15. The highest BCUT2D eigenvalue weighted by Crippen LogP contribution is 2.40. The van der Waals surface area contributed by atoms with Gasteiger partial charge < -0.3 is 10.5 Å². The highest BCUT2D eigenvalue weighted by Gasteiger charge is 2.37. The normalized spacial score (nSPS) is 25.4. The van der Waals surface area contributed by atoms with Crippen molar-refractivity contribution in [3.8, 4) is 0 Å². The van der Waals surface area contributed by atoms with Gasteiger partial charge in [-0.3, -0.25) is 0 Å². The van der Waals surface area contributed by atoms with Crippen LogP contribution in [0.2, 0.25) is 0 Å². The number of rotatable bonds is 3. The lowest BCUT2D eigenvalue weighted by Gasteiger charge is -2.32. The first-order valence-corrected chi connectivity index (χ1v) is 4.46. The van der Waals surface area contributed by atoms with E-state index in [1.54, 1.807) is 7.11 Å². The minimum absolute atomic E-state index is 0.282. The molecule has 2 N–H and O–H groups in total. The van der Waals surface area contributed by atoms with Gasteiger partial charge in [0.2, 0.25) is 0 Å². The summed E-state index contributed by atoms with van der Waals surface area (Å²) < 4.78 is 5.21. The van der Waals surface area contributed by atoms with Crippen LogP contribution < -0.4 is 5.73 Å². The number of methoxy groups -OCH3 is 1. The van der Waals surface area contributed by atoms with Crippen LogP contribution in [-0.4, -0.2) is 19.8 Å². The summed E-state index contributed by atoms with van der Waals surface area (Å²) in [5.41, 5.74) is 6.24. The monoisotopic (exact) mass is 157 g/mol. The number of nitrogens with two attached hydrogens (primary N) is 1. The molecule has 1 aliphatic rings. The van der Waals surface area contributed by atoms with Crippen molar-refractivity contribution >= 4 is 0 Å². The van der Waals surface area contributed by atoms with E-state index in [9.17, 15) is 0 Å². The van der Waals surface area contributed by atoms with Crippen molar-refractivity contribution in [2.45, 2.75) is 38.6 Å². The zero-order valence-electron chi connectivity index (χ0n) is 7.60. The molecule has 1 saturated carbocycles. The Morgan fingerprint density at radius 2 is 2.00 bits per heavy atom. The Balaban J connectivity index is 2.55. The van der Waals surface area contributed by atoms with Gasteiger partial charge >= 0.3 is 0 Å². The quantitative estimate of drug-likeness (QED) is 0.674. The molecule has 0 aromatic carbocycles. The standard InChI is InChI=1S/C9H19NO/c1-8(10)9(7-11-2)5-3-4-6-9/h8H,3-7,10H2,1-2H3/t8-/m1/s1. The van der Waals surface area contributed by atoms with Gasteiger partial charge in [-0.1, -0.05) is 12.8 Å². The third-order valence-electron chi connectivity index (χ3n) is 3.00. The van der Waals surface area contributed by atoms with Gasteiger partial charge in [-0.15, -0.1) is 0 Å². The second-order valence-electron chi connectivity index (χ2n) is 3.79. The molecule has 2 heteroatoms. The largest absolute Gasteiger partial charge is 0.384 e. The molecule has 0 amide bonds. The Morgan fingerprint density at radius 3 is 2.36 bits per heavy atom. The van der Waals surface area contributed by atoms with Crippen LogP contribution in [0.5, 0.6) is 0 Å². The fourth-order valence-electron chi connectivity index (χ4n) is 2.10. The second kappa shape index (κ2) is 3.55. The lowest BCUT2D eigenvalue weighted by molar-refractivity contribution is 0.0676. The topological polar surface area (TPSA) is 35.2 Å². The average Bonchev–Trinajstić information content (AvgIpc) is 2.38. The van der Waals surface area contributed by atoms with Crippen molar-refractivity contribution in [1.82, 2.24) is 0 Å². The second-order valence-corrected chi connectivity index (χ2v) is 3.79. The van der Waals surface area contributed by atoms with Gasteiger partial charge in [-0.05, 0) is 19.8 Å². The third kappa shape index (κ3) is 1.74. The Morgan fingerprint density at radius 1 is 1.45 bits per heavy atom. The molecule has 1 fully saturated rings. The molecule has 0 unspecified atom stereocenters. The Hall–Kier alpha value is -0.0800. The molecular weight excluding hydrogens is 138 g/mol. The van der Waals surface area contributed by atoms with Crippen molar-refractivity contribution in [1.29, 1.82) is 0 Å². The lowest BCUT2D eigenvalue weighted by Crippen LogP contribution is -2.40. The molecule has 1 aliphatic carbocycles. The van der Waals surface area contributed by atoms with E-state index in [1.807, 2.05) is 0 Å². The summed E-state index contributed by atoms with van der Waals surface area (Å²) in [4.78, 5) is 0. The first kappa shape index (κ1) is 9.01. The predicted molar refractivity (Wildman–Crippen MR) is 46.4 cm³/mol. The van der Waals surface area contributed by atoms with E-state index >= 15 is 0 Å². The van der Waals surface area contributed by atoms with Crippen molar-refractivity contribution in [3.63, 3.8) is 0 Å². The van der Waals surface area contributed by atoms with Gasteiger partial charge in [0.05, 0.1) is 6.61 Å².